The van der Waals surface area contributed by atoms with Crippen LogP contribution in [0.2, 0.25) is 5.02 Å². The Kier molecular flexibility index (Phi) is 5.59. The van der Waals surface area contributed by atoms with Gasteiger partial charge in [-0.05, 0) is 24.3 Å². The predicted molar refractivity (Wildman–Crippen MR) is 88.9 cm³/mol. The Hall–Kier alpha value is -2.54. The molecule has 1 heterocycles. The first-order valence-electron chi connectivity index (χ1n) is 7.02. The van der Waals surface area contributed by atoms with Crippen LogP contribution in [0.1, 0.15) is 6.42 Å². The molecule has 3 amide bonds. The van der Waals surface area contributed by atoms with E-state index in [1.807, 2.05) is 0 Å². The van der Waals surface area contributed by atoms with Gasteiger partial charge in [0, 0.05) is 45.1 Å². The Morgan fingerprint density at radius 2 is 2.13 bits per heavy atom. The molecule has 2 rings (SSSR count). The molecule has 0 spiro atoms. The summed E-state index contributed by atoms with van der Waals surface area (Å²) in [7, 11) is 3.34. The fraction of sp³-hybridized carbons (Fsp3) is 0.267. The maximum atomic E-state index is 11.8. The number of amides is 3. The van der Waals surface area contributed by atoms with E-state index in [2.05, 4.69) is 15.7 Å². The molecule has 0 unspecified atom stereocenters. The first kappa shape index (κ1) is 16.8. The van der Waals surface area contributed by atoms with Crippen LogP contribution in [0.4, 0.5) is 10.5 Å². The number of urea groups is 1. The number of rotatable bonds is 5. The SMILES string of the molecule is CN(C)C(=O)CCNC(=O)Nc1ccc(-n2cccn2)c(Cl)c1. The van der Waals surface area contributed by atoms with Gasteiger partial charge in [-0.3, -0.25) is 4.79 Å². The summed E-state index contributed by atoms with van der Waals surface area (Å²) in [6.07, 6.45) is 3.69. The van der Waals surface area contributed by atoms with Gasteiger partial charge in [-0.2, -0.15) is 5.10 Å². The van der Waals surface area contributed by atoms with Gasteiger partial charge in [-0.1, -0.05) is 11.6 Å². The van der Waals surface area contributed by atoms with Crippen LogP contribution >= 0.6 is 11.6 Å². The molecular formula is C15H18ClN5O2. The molecule has 0 saturated heterocycles. The van der Waals surface area contributed by atoms with Crippen LogP contribution in [-0.2, 0) is 4.79 Å². The third kappa shape index (κ3) is 4.72. The van der Waals surface area contributed by atoms with Gasteiger partial charge in [0.25, 0.3) is 0 Å². The molecule has 23 heavy (non-hydrogen) atoms. The first-order chi connectivity index (χ1) is 11.0. The second-order valence-corrected chi connectivity index (χ2v) is 5.44. The summed E-state index contributed by atoms with van der Waals surface area (Å²) in [6.45, 7) is 0.266. The molecule has 0 aliphatic carbocycles. The number of nitrogens with one attached hydrogen (secondary N) is 2. The number of hydrogen-bond donors (Lipinski definition) is 2. The fourth-order valence-electron chi connectivity index (χ4n) is 1.86. The quantitative estimate of drug-likeness (QED) is 0.878. The number of nitrogens with zero attached hydrogens (tertiary/aromatic N) is 3. The van der Waals surface area contributed by atoms with E-state index >= 15 is 0 Å². The van der Waals surface area contributed by atoms with E-state index in [4.69, 9.17) is 11.6 Å². The zero-order valence-electron chi connectivity index (χ0n) is 12.9. The van der Waals surface area contributed by atoms with Gasteiger partial charge in [0.2, 0.25) is 5.91 Å². The van der Waals surface area contributed by atoms with E-state index in [0.717, 1.165) is 5.69 Å². The van der Waals surface area contributed by atoms with E-state index < -0.39 is 0 Å². The lowest BCUT2D eigenvalue weighted by atomic mass is 10.3. The molecule has 0 bridgehead atoms. The maximum Gasteiger partial charge on any atom is 0.319 e. The number of hydrogen-bond acceptors (Lipinski definition) is 3. The minimum absolute atomic E-state index is 0.0445. The first-order valence-corrected chi connectivity index (χ1v) is 7.40. The number of anilines is 1. The smallest absolute Gasteiger partial charge is 0.319 e. The van der Waals surface area contributed by atoms with Crippen molar-refractivity contribution < 1.29 is 9.59 Å². The Balaban J connectivity index is 1.89. The van der Waals surface area contributed by atoms with Crippen molar-refractivity contribution in [1.29, 1.82) is 0 Å². The second kappa shape index (κ2) is 7.64. The van der Waals surface area contributed by atoms with Gasteiger partial charge in [0.05, 0.1) is 10.7 Å². The van der Waals surface area contributed by atoms with Crippen LogP contribution in [0.5, 0.6) is 0 Å². The fourth-order valence-corrected chi connectivity index (χ4v) is 2.13. The molecule has 8 heteroatoms. The highest BCUT2D eigenvalue weighted by Crippen LogP contribution is 2.23. The average molecular weight is 336 g/mol. The maximum absolute atomic E-state index is 11.8. The summed E-state index contributed by atoms with van der Waals surface area (Å²) in [6, 6.07) is 6.54. The molecule has 1 aromatic heterocycles. The van der Waals surface area contributed by atoms with Gasteiger partial charge in [0.15, 0.2) is 0 Å². The minimum Gasteiger partial charge on any atom is -0.349 e. The number of benzene rings is 1. The lowest BCUT2D eigenvalue weighted by molar-refractivity contribution is -0.128. The van der Waals surface area contributed by atoms with E-state index in [9.17, 15) is 9.59 Å². The molecule has 0 aliphatic heterocycles. The molecule has 0 radical (unpaired) electrons. The normalized spacial score (nSPS) is 10.2. The number of halogens is 1. The van der Waals surface area contributed by atoms with Crippen molar-refractivity contribution in [2.45, 2.75) is 6.42 Å². The molecule has 0 aliphatic rings. The summed E-state index contributed by atoms with van der Waals surface area (Å²) in [5.74, 6) is -0.0445. The molecule has 0 atom stereocenters. The van der Waals surface area contributed by atoms with Crippen molar-refractivity contribution in [2.24, 2.45) is 0 Å². The molecule has 7 nitrogen and oxygen atoms in total. The zero-order valence-corrected chi connectivity index (χ0v) is 13.7. The number of carbonyl (C=O) groups excluding carboxylic acids is 2. The van der Waals surface area contributed by atoms with Crippen LogP contribution in [0.3, 0.4) is 0 Å². The monoisotopic (exact) mass is 335 g/mol. The van der Waals surface area contributed by atoms with Crippen molar-refractivity contribution in [3.05, 3.63) is 41.7 Å². The van der Waals surface area contributed by atoms with Crippen LogP contribution in [-0.4, -0.2) is 47.3 Å². The Morgan fingerprint density at radius 3 is 2.74 bits per heavy atom. The van der Waals surface area contributed by atoms with Gasteiger partial charge < -0.3 is 15.5 Å². The summed E-state index contributed by atoms with van der Waals surface area (Å²) >= 11 is 6.20. The Bertz CT molecular complexity index is 685. The number of carbonyl (C=O) groups is 2. The van der Waals surface area contributed by atoms with Crippen molar-refractivity contribution in [2.75, 3.05) is 26.0 Å². The van der Waals surface area contributed by atoms with Crippen LogP contribution < -0.4 is 10.6 Å². The Morgan fingerprint density at radius 1 is 1.35 bits per heavy atom. The Labute approximate surface area is 139 Å². The second-order valence-electron chi connectivity index (χ2n) is 5.04. The summed E-state index contributed by atoms with van der Waals surface area (Å²) in [5.41, 5.74) is 1.28. The van der Waals surface area contributed by atoms with Crippen molar-refractivity contribution in [3.8, 4) is 5.69 Å². The lowest BCUT2D eigenvalue weighted by Crippen LogP contribution is -2.33. The lowest BCUT2D eigenvalue weighted by Gasteiger charge is -2.12. The molecule has 122 valence electrons. The predicted octanol–water partition coefficient (Wildman–Crippen LogP) is 2.13. The van der Waals surface area contributed by atoms with Crippen LogP contribution in [0.25, 0.3) is 5.69 Å². The molecule has 1 aromatic carbocycles. The summed E-state index contributed by atoms with van der Waals surface area (Å²) < 4.78 is 1.64. The molecule has 0 fully saturated rings. The van der Waals surface area contributed by atoms with Crippen molar-refractivity contribution in [3.63, 3.8) is 0 Å². The zero-order chi connectivity index (χ0) is 16.8. The van der Waals surface area contributed by atoms with Gasteiger partial charge in [0.1, 0.15) is 0 Å². The van der Waals surface area contributed by atoms with E-state index in [0.29, 0.717) is 10.7 Å². The third-order valence-corrected chi connectivity index (χ3v) is 3.38. The summed E-state index contributed by atoms with van der Waals surface area (Å²) in [4.78, 5) is 24.7. The van der Waals surface area contributed by atoms with Crippen molar-refractivity contribution in [1.82, 2.24) is 20.0 Å². The van der Waals surface area contributed by atoms with Gasteiger partial charge >= 0.3 is 6.03 Å². The van der Waals surface area contributed by atoms with Crippen LogP contribution in [0, 0.1) is 0 Å². The summed E-state index contributed by atoms with van der Waals surface area (Å²) in [5, 5.41) is 9.86. The third-order valence-electron chi connectivity index (χ3n) is 3.08. The van der Waals surface area contributed by atoms with Crippen LogP contribution in [0.15, 0.2) is 36.7 Å². The van der Waals surface area contributed by atoms with Gasteiger partial charge in [-0.15, -0.1) is 0 Å². The molecule has 2 N–H and O–H groups in total. The average Bonchev–Trinajstić information content (AvgIpc) is 3.01. The topological polar surface area (TPSA) is 79.3 Å². The molecular weight excluding hydrogens is 318 g/mol. The molecule has 2 aromatic rings. The highest BCUT2D eigenvalue weighted by atomic mass is 35.5. The minimum atomic E-state index is -0.389. The highest BCUT2D eigenvalue weighted by Gasteiger charge is 2.08. The van der Waals surface area contributed by atoms with E-state index in [-0.39, 0.29) is 24.9 Å². The number of aromatic nitrogens is 2. The standard InChI is InChI=1S/C15H18ClN5O2/c1-20(2)14(22)6-8-17-15(23)19-11-4-5-13(12(16)10-11)21-9-3-7-18-21/h3-5,7,9-10H,6,8H2,1-2H3,(H2,17,19,23). The highest BCUT2D eigenvalue weighted by molar-refractivity contribution is 6.32. The van der Waals surface area contributed by atoms with Gasteiger partial charge in [-0.25, -0.2) is 9.48 Å². The largest absolute Gasteiger partial charge is 0.349 e. The molecule has 0 saturated carbocycles. The van der Waals surface area contributed by atoms with E-state index in [1.54, 1.807) is 55.4 Å². The van der Waals surface area contributed by atoms with E-state index in [1.165, 1.54) is 4.90 Å². The van der Waals surface area contributed by atoms with Crippen molar-refractivity contribution >= 4 is 29.2 Å².